The summed E-state index contributed by atoms with van der Waals surface area (Å²) in [6.07, 6.45) is 1.99. The van der Waals surface area contributed by atoms with Crippen molar-refractivity contribution in [2.75, 3.05) is 11.9 Å². The molecule has 0 heterocycles. The Balaban J connectivity index is 1.24. The lowest BCUT2D eigenvalue weighted by Gasteiger charge is -2.11. The van der Waals surface area contributed by atoms with E-state index >= 15 is 0 Å². The number of ether oxygens (including phenoxy) is 1. The molecule has 3 aromatic rings. The number of hydrazine groups is 1. The van der Waals surface area contributed by atoms with E-state index in [2.05, 4.69) is 16.2 Å². The molecule has 1 aliphatic carbocycles. The molecule has 0 atom stereocenters. The number of benzene rings is 3. The van der Waals surface area contributed by atoms with Gasteiger partial charge in [-0.2, -0.15) is 0 Å². The Morgan fingerprint density at radius 1 is 0.871 bits per heavy atom. The Labute approximate surface area is 179 Å². The van der Waals surface area contributed by atoms with Gasteiger partial charge in [-0.3, -0.25) is 25.2 Å². The van der Waals surface area contributed by atoms with Gasteiger partial charge in [-0.15, -0.1) is 0 Å². The quantitative estimate of drug-likeness (QED) is 0.515. The Morgan fingerprint density at radius 3 is 2.45 bits per heavy atom. The van der Waals surface area contributed by atoms with Crippen molar-refractivity contribution in [1.82, 2.24) is 10.9 Å². The molecular formula is C24H23N3O4. The Kier molecular flexibility index (Phi) is 6.12. The maximum atomic E-state index is 12.2. The topological polar surface area (TPSA) is 96.5 Å². The van der Waals surface area contributed by atoms with E-state index in [9.17, 15) is 14.4 Å². The predicted octanol–water partition coefficient (Wildman–Crippen LogP) is 2.96. The molecule has 7 nitrogen and oxygen atoms in total. The van der Waals surface area contributed by atoms with E-state index in [0.29, 0.717) is 11.4 Å². The number of hydrogen-bond donors (Lipinski definition) is 3. The molecule has 1 aliphatic rings. The number of rotatable bonds is 7. The summed E-state index contributed by atoms with van der Waals surface area (Å²) in [7, 11) is 0. The molecule has 1 saturated carbocycles. The molecule has 0 saturated heterocycles. The maximum Gasteiger partial charge on any atom is 0.276 e. The summed E-state index contributed by atoms with van der Waals surface area (Å²) >= 11 is 0. The predicted molar refractivity (Wildman–Crippen MR) is 117 cm³/mol. The van der Waals surface area contributed by atoms with E-state index in [0.717, 1.165) is 29.2 Å². The van der Waals surface area contributed by atoms with Crippen molar-refractivity contribution < 1.29 is 19.1 Å². The van der Waals surface area contributed by atoms with E-state index in [-0.39, 0.29) is 30.8 Å². The van der Waals surface area contributed by atoms with E-state index < -0.39 is 5.91 Å². The van der Waals surface area contributed by atoms with E-state index in [1.165, 1.54) is 0 Å². The molecule has 0 aliphatic heterocycles. The second-order valence-electron chi connectivity index (χ2n) is 7.49. The third-order valence-electron chi connectivity index (χ3n) is 4.99. The molecule has 0 unspecified atom stereocenters. The highest BCUT2D eigenvalue weighted by Gasteiger charge is 2.29. The van der Waals surface area contributed by atoms with Crippen LogP contribution < -0.4 is 20.9 Å². The molecule has 158 valence electrons. The first-order valence-electron chi connectivity index (χ1n) is 10.2. The van der Waals surface area contributed by atoms with E-state index in [4.69, 9.17) is 4.74 Å². The van der Waals surface area contributed by atoms with Crippen molar-refractivity contribution in [3.05, 3.63) is 72.3 Å². The van der Waals surface area contributed by atoms with Crippen molar-refractivity contribution >= 4 is 34.2 Å². The molecule has 31 heavy (non-hydrogen) atoms. The highest BCUT2D eigenvalue weighted by Crippen LogP contribution is 2.30. The SMILES string of the molecule is O=C(COc1cccc(NC(=O)C2CC2)c1)NNC(=O)Cc1cccc2ccccc12. The van der Waals surface area contributed by atoms with Crippen LogP contribution in [0, 0.1) is 5.92 Å². The summed E-state index contributed by atoms with van der Waals surface area (Å²) in [5.41, 5.74) is 6.28. The molecule has 3 aromatic carbocycles. The van der Waals surface area contributed by atoms with Crippen LogP contribution in [0.4, 0.5) is 5.69 Å². The van der Waals surface area contributed by atoms with Crippen LogP contribution in [0.25, 0.3) is 10.8 Å². The van der Waals surface area contributed by atoms with E-state index in [1.54, 1.807) is 24.3 Å². The smallest absolute Gasteiger partial charge is 0.276 e. The molecule has 0 aromatic heterocycles. The van der Waals surface area contributed by atoms with Crippen molar-refractivity contribution in [2.45, 2.75) is 19.3 Å². The number of amides is 3. The van der Waals surface area contributed by atoms with Crippen molar-refractivity contribution in [1.29, 1.82) is 0 Å². The first-order valence-corrected chi connectivity index (χ1v) is 10.2. The third-order valence-corrected chi connectivity index (χ3v) is 4.99. The minimum Gasteiger partial charge on any atom is -0.484 e. The van der Waals surface area contributed by atoms with Crippen LogP contribution in [0.3, 0.4) is 0 Å². The zero-order valence-electron chi connectivity index (χ0n) is 16.9. The minimum absolute atomic E-state index is 0.00352. The molecule has 0 spiro atoms. The fourth-order valence-electron chi connectivity index (χ4n) is 3.24. The van der Waals surface area contributed by atoms with Crippen molar-refractivity contribution in [2.24, 2.45) is 5.92 Å². The zero-order valence-corrected chi connectivity index (χ0v) is 16.9. The average molecular weight is 417 g/mol. The van der Waals surface area contributed by atoms with Gasteiger partial charge in [-0.05, 0) is 41.3 Å². The second kappa shape index (κ2) is 9.30. The van der Waals surface area contributed by atoms with Crippen LogP contribution in [0.2, 0.25) is 0 Å². The van der Waals surface area contributed by atoms with Crippen LogP contribution in [0.5, 0.6) is 5.75 Å². The first-order chi connectivity index (χ1) is 15.1. The standard InChI is InChI=1S/C24H23N3O4/c28-22(13-18-7-3-6-16-5-1-2-10-21(16)18)26-27-23(29)15-31-20-9-4-8-19(14-20)25-24(30)17-11-12-17/h1-10,14,17H,11-13,15H2,(H,25,30)(H,26,28)(H,27,29). The number of hydrogen-bond acceptors (Lipinski definition) is 4. The molecular weight excluding hydrogens is 394 g/mol. The Morgan fingerprint density at radius 2 is 1.61 bits per heavy atom. The van der Waals surface area contributed by atoms with Gasteiger partial charge >= 0.3 is 0 Å². The van der Waals surface area contributed by atoms with Crippen molar-refractivity contribution in [3.63, 3.8) is 0 Å². The monoisotopic (exact) mass is 417 g/mol. The number of carbonyl (C=O) groups excluding carboxylic acids is 3. The summed E-state index contributed by atoms with van der Waals surface area (Å²) in [6.45, 7) is -0.269. The largest absolute Gasteiger partial charge is 0.484 e. The number of carbonyl (C=O) groups is 3. The van der Waals surface area contributed by atoms with Gasteiger partial charge in [0.1, 0.15) is 5.75 Å². The van der Waals surface area contributed by atoms with Crippen LogP contribution >= 0.6 is 0 Å². The maximum absolute atomic E-state index is 12.2. The highest BCUT2D eigenvalue weighted by atomic mass is 16.5. The fraction of sp³-hybridized carbons (Fsp3) is 0.208. The van der Waals surface area contributed by atoms with Gasteiger partial charge in [0.25, 0.3) is 5.91 Å². The lowest BCUT2D eigenvalue weighted by Crippen LogP contribution is -2.44. The first kappa shape index (κ1) is 20.4. The summed E-state index contributed by atoms with van der Waals surface area (Å²) in [5.74, 6) is -0.254. The summed E-state index contributed by atoms with van der Waals surface area (Å²) in [5, 5.41) is 4.89. The van der Waals surface area contributed by atoms with Gasteiger partial charge in [-0.1, -0.05) is 48.5 Å². The van der Waals surface area contributed by atoms with Crippen LogP contribution in [0.15, 0.2) is 66.7 Å². The van der Waals surface area contributed by atoms with Gasteiger partial charge in [-0.25, -0.2) is 0 Å². The fourth-order valence-corrected chi connectivity index (χ4v) is 3.24. The van der Waals surface area contributed by atoms with Crippen molar-refractivity contribution in [3.8, 4) is 5.75 Å². The molecule has 3 amide bonds. The molecule has 3 N–H and O–H groups in total. The summed E-state index contributed by atoms with van der Waals surface area (Å²) in [4.78, 5) is 36.1. The van der Waals surface area contributed by atoms with Gasteiger partial charge < -0.3 is 10.1 Å². The van der Waals surface area contributed by atoms with Crippen LogP contribution in [-0.2, 0) is 20.8 Å². The molecule has 7 heteroatoms. The van der Waals surface area contributed by atoms with Crippen LogP contribution in [-0.4, -0.2) is 24.3 Å². The number of nitrogens with one attached hydrogen (secondary N) is 3. The summed E-state index contributed by atoms with van der Waals surface area (Å²) in [6, 6.07) is 20.5. The zero-order chi connectivity index (χ0) is 21.6. The summed E-state index contributed by atoms with van der Waals surface area (Å²) < 4.78 is 5.46. The molecule has 4 rings (SSSR count). The van der Waals surface area contributed by atoms with Crippen LogP contribution in [0.1, 0.15) is 18.4 Å². The minimum atomic E-state index is -0.487. The Hall–Kier alpha value is -3.87. The van der Waals surface area contributed by atoms with Gasteiger partial charge in [0, 0.05) is 17.7 Å². The average Bonchev–Trinajstić information content (AvgIpc) is 3.62. The molecule has 1 fully saturated rings. The number of fused-ring (bicyclic) bond motifs is 1. The molecule has 0 radical (unpaired) electrons. The van der Waals surface area contributed by atoms with Gasteiger partial charge in [0.2, 0.25) is 11.8 Å². The lowest BCUT2D eigenvalue weighted by molar-refractivity contribution is -0.129. The molecule has 0 bridgehead atoms. The number of anilines is 1. The highest BCUT2D eigenvalue weighted by molar-refractivity contribution is 5.94. The van der Waals surface area contributed by atoms with Gasteiger partial charge in [0.05, 0.1) is 6.42 Å². The lowest BCUT2D eigenvalue weighted by atomic mass is 10.0. The normalized spacial score (nSPS) is 12.8. The third kappa shape index (κ3) is 5.60. The van der Waals surface area contributed by atoms with E-state index in [1.807, 2.05) is 42.5 Å². The Bertz CT molecular complexity index is 1120. The second-order valence-corrected chi connectivity index (χ2v) is 7.49. The van der Waals surface area contributed by atoms with Gasteiger partial charge in [0.15, 0.2) is 6.61 Å².